The molecule has 0 aromatic carbocycles. The SMILES string of the molecule is O=C(c1ccc(N[C@H]2CCCOC2)nc1)N1CCC(Oc2cccnc2)CC1. The van der Waals surface area contributed by atoms with Gasteiger partial charge in [0.15, 0.2) is 0 Å². The van der Waals surface area contributed by atoms with Crippen molar-refractivity contribution in [3.05, 3.63) is 48.4 Å². The molecule has 4 rings (SSSR count). The average molecular weight is 382 g/mol. The number of hydrogen-bond donors (Lipinski definition) is 1. The summed E-state index contributed by atoms with van der Waals surface area (Å²) < 4.78 is 11.4. The zero-order chi connectivity index (χ0) is 19.2. The van der Waals surface area contributed by atoms with Gasteiger partial charge in [-0.2, -0.15) is 0 Å². The molecule has 2 aliphatic rings. The summed E-state index contributed by atoms with van der Waals surface area (Å²) in [7, 11) is 0. The van der Waals surface area contributed by atoms with Crippen molar-refractivity contribution in [2.75, 3.05) is 31.6 Å². The van der Waals surface area contributed by atoms with Gasteiger partial charge in [0.1, 0.15) is 17.7 Å². The smallest absolute Gasteiger partial charge is 0.255 e. The van der Waals surface area contributed by atoms with Crippen LogP contribution in [0.3, 0.4) is 0 Å². The third kappa shape index (κ3) is 4.78. The summed E-state index contributed by atoms with van der Waals surface area (Å²) in [4.78, 5) is 23.1. The molecule has 0 spiro atoms. The molecule has 2 aromatic rings. The Hall–Kier alpha value is -2.67. The number of aromatic nitrogens is 2. The molecule has 2 aromatic heterocycles. The van der Waals surface area contributed by atoms with Gasteiger partial charge in [-0.1, -0.05) is 0 Å². The summed E-state index contributed by atoms with van der Waals surface area (Å²) in [5.74, 6) is 1.60. The van der Waals surface area contributed by atoms with E-state index < -0.39 is 0 Å². The number of carbonyl (C=O) groups excluding carboxylic acids is 1. The predicted octanol–water partition coefficient (Wildman–Crippen LogP) is 2.75. The van der Waals surface area contributed by atoms with E-state index in [1.165, 1.54) is 0 Å². The fraction of sp³-hybridized carbons (Fsp3) is 0.476. The number of carbonyl (C=O) groups is 1. The second-order valence-corrected chi connectivity index (χ2v) is 7.29. The number of piperidine rings is 1. The number of ether oxygens (including phenoxy) is 2. The van der Waals surface area contributed by atoms with E-state index in [2.05, 4.69) is 15.3 Å². The van der Waals surface area contributed by atoms with Gasteiger partial charge in [0.2, 0.25) is 0 Å². The van der Waals surface area contributed by atoms with Crippen LogP contribution in [0.5, 0.6) is 5.75 Å². The Balaban J connectivity index is 1.27. The van der Waals surface area contributed by atoms with Crippen molar-refractivity contribution in [1.82, 2.24) is 14.9 Å². The highest BCUT2D eigenvalue weighted by Crippen LogP contribution is 2.20. The fourth-order valence-corrected chi connectivity index (χ4v) is 3.64. The van der Waals surface area contributed by atoms with Crippen molar-refractivity contribution in [3.8, 4) is 5.75 Å². The van der Waals surface area contributed by atoms with Crippen molar-refractivity contribution in [3.63, 3.8) is 0 Å². The maximum atomic E-state index is 12.8. The summed E-state index contributed by atoms with van der Waals surface area (Å²) in [5, 5.41) is 3.37. The molecule has 0 saturated carbocycles. The lowest BCUT2D eigenvalue weighted by Gasteiger charge is -2.32. The Labute approximate surface area is 165 Å². The monoisotopic (exact) mass is 382 g/mol. The number of likely N-dealkylation sites (tertiary alicyclic amines) is 1. The van der Waals surface area contributed by atoms with E-state index in [4.69, 9.17) is 9.47 Å². The van der Waals surface area contributed by atoms with Gasteiger partial charge in [0.05, 0.1) is 24.4 Å². The molecule has 7 heteroatoms. The standard InChI is InChI=1S/C21H26N4O3/c26-21(16-5-6-20(23-13-16)24-17-3-2-12-27-15-17)25-10-7-18(8-11-25)28-19-4-1-9-22-14-19/h1,4-6,9,13-14,17-18H,2-3,7-8,10-12,15H2,(H,23,24)/t17-/m0/s1. The molecule has 0 radical (unpaired) electrons. The van der Waals surface area contributed by atoms with E-state index in [0.717, 1.165) is 43.9 Å². The van der Waals surface area contributed by atoms with Crippen LogP contribution in [-0.4, -0.2) is 59.2 Å². The second-order valence-electron chi connectivity index (χ2n) is 7.29. The topological polar surface area (TPSA) is 76.6 Å². The van der Waals surface area contributed by atoms with Gasteiger partial charge in [-0.3, -0.25) is 9.78 Å². The molecular weight excluding hydrogens is 356 g/mol. The number of pyridine rings is 2. The second kappa shape index (κ2) is 9.01. The maximum absolute atomic E-state index is 12.8. The van der Waals surface area contributed by atoms with Crippen LogP contribution in [0, 0.1) is 0 Å². The minimum Gasteiger partial charge on any atom is -0.489 e. The highest BCUT2D eigenvalue weighted by molar-refractivity contribution is 5.94. The number of nitrogens with zero attached hydrogens (tertiary/aromatic N) is 3. The first kappa shape index (κ1) is 18.7. The van der Waals surface area contributed by atoms with E-state index >= 15 is 0 Å². The Morgan fingerprint density at radius 3 is 2.75 bits per heavy atom. The third-order valence-corrected chi connectivity index (χ3v) is 5.19. The zero-order valence-electron chi connectivity index (χ0n) is 15.9. The van der Waals surface area contributed by atoms with Crippen molar-refractivity contribution < 1.29 is 14.3 Å². The van der Waals surface area contributed by atoms with Crippen molar-refractivity contribution in [2.24, 2.45) is 0 Å². The van der Waals surface area contributed by atoms with Crippen molar-refractivity contribution in [1.29, 1.82) is 0 Å². The molecule has 0 unspecified atom stereocenters. The lowest BCUT2D eigenvalue weighted by molar-refractivity contribution is 0.0594. The van der Waals surface area contributed by atoms with Crippen LogP contribution >= 0.6 is 0 Å². The van der Waals surface area contributed by atoms with Crippen LogP contribution in [0.4, 0.5) is 5.82 Å². The quantitative estimate of drug-likeness (QED) is 0.857. The molecule has 0 bridgehead atoms. The normalized spacial score (nSPS) is 20.6. The Morgan fingerprint density at radius 2 is 2.07 bits per heavy atom. The van der Waals surface area contributed by atoms with Crippen molar-refractivity contribution >= 4 is 11.7 Å². The molecule has 1 amide bonds. The molecule has 0 aliphatic carbocycles. The maximum Gasteiger partial charge on any atom is 0.255 e. The molecule has 2 aliphatic heterocycles. The summed E-state index contributed by atoms with van der Waals surface area (Å²) in [6, 6.07) is 7.78. The van der Waals surface area contributed by atoms with Gasteiger partial charge in [0, 0.05) is 44.9 Å². The molecule has 2 saturated heterocycles. The van der Waals surface area contributed by atoms with Crippen LogP contribution in [0.2, 0.25) is 0 Å². The van der Waals surface area contributed by atoms with E-state index in [0.29, 0.717) is 31.3 Å². The summed E-state index contributed by atoms with van der Waals surface area (Å²) in [6.45, 7) is 2.91. The van der Waals surface area contributed by atoms with Gasteiger partial charge in [0.25, 0.3) is 5.91 Å². The fourth-order valence-electron chi connectivity index (χ4n) is 3.64. The number of hydrogen-bond acceptors (Lipinski definition) is 6. The van der Waals surface area contributed by atoms with Crippen LogP contribution in [0.1, 0.15) is 36.0 Å². The molecular formula is C21H26N4O3. The minimum atomic E-state index is 0.0277. The first-order valence-electron chi connectivity index (χ1n) is 9.94. The lowest BCUT2D eigenvalue weighted by atomic mass is 10.1. The molecule has 28 heavy (non-hydrogen) atoms. The first-order valence-corrected chi connectivity index (χ1v) is 9.94. The van der Waals surface area contributed by atoms with Crippen LogP contribution in [0.25, 0.3) is 0 Å². The lowest BCUT2D eigenvalue weighted by Crippen LogP contribution is -2.41. The number of amides is 1. The zero-order valence-corrected chi connectivity index (χ0v) is 15.9. The van der Waals surface area contributed by atoms with Gasteiger partial charge >= 0.3 is 0 Å². The summed E-state index contributed by atoms with van der Waals surface area (Å²) >= 11 is 0. The Bertz CT molecular complexity index is 755. The van der Waals surface area contributed by atoms with Crippen molar-refractivity contribution in [2.45, 2.75) is 37.8 Å². The Kier molecular flexibility index (Phi) is 6.01. The molecule has 1 atom stereocenters. The van der Waals surface area contributed by atoms with Gasteiger partial charge in [-0.05, 0) is 37.1 Å². The van der Waals surface area contributed by atoms with Gasteiger partial charge < -0.3 is 19.7 Å². The summed E-state index contributed by atoms with van der Waals surface area (Å²) in [6.07, 6.45) is 9.00. The molecule has 1 N–H and O–H groups in total. The van der Waals surface area contributed by atoms with Crippen LogP contribution in [-0.2, 0) is 4.74 Å². The van der Waals surface area contributed by atoms with Gasteiger partial charge in [-0.15, -0.1) is 0 Å². The number of rotatable bonds is 5. The molecule has 148 valence electrons. The highest BCUT2D eigenvalue weighted by Gasteiger charge is 2.25. The molecule has 7 nitrogen and oxygen atoms in total. The number of anilines is 1. The van der Waals surface area contributed by atoms with Gasteiger partial charge in [-0.25, -0.2) is 4.98 Å². The van der Waals surface area contributed by atoms with E-state index in [1.54, 1.807) is 18.6 Å². The number of nitrogens with one attached hydrogen (secondary N) is 1. The highest BCUT2D eigenvalue weighted by atomic mass is 16.5. The average Bonchev–Trinajstić information content (AvgIpc) is 2.76. The Morgan fingerprint density at radius 1 is 1.18 bits per heavy atom. The molecule has 4 heterocycles. The van der Waals surface area contributed by atoms with E-state index in [9.17, 15) is 4.79 Å². The van der Waals surface area contributed by atoms with E-state index in [1.807, 2.05) is 29.2 Å². The van der Waals surface area contributed by atoms with E-state index in [-0.39, 0.29) is 12.0 Å². The van der Waals surface area contributed by atoms with Crippen LogP contribution in [0.15, 0.2) is 42.9 Å². The minimum absolute atomic E-state index is 0.0277. The predicted molar refractivity (Wildman–Crippen MR) is 105 cm³/mol. The first-order chi connectivity index (χ1) is 13.8. The third-order valence-electron chi connectivity index (χ3n) is 5.19. The summed E-state index contributed by atoms with van der Waals surface area (Å²) in [5.41, 5.74) is 0.622. The van der Waals surface area contributed by atoms with Crippen LogP contribution < -0.4 is 10.1 Å². The molecule has 2 fully saturated rings. The largest absolute Gasteiger partial charge is 0.489 e.